The number of ether oxygens (including phenoxy) is 1. The number of benzene rings is 2. The molecule has 0 heterocycles. The molecule has 0 aromatic heterocycles. The van der Waals surface area contributed by atoms with Crippen molar-refractivity contribution in [3.05, 3.63) is 52.0 Å². The van der Waals surface area contributed by atoms with Crippen LogP contribution in [0.3, 0.4) is 0 Å². The highest BCUT2D eigenvalue weighted by Gasteiger charge is 2.16. The second kappa shape index (κ2) is 6.83. The number of halogens is 2. The molecule has 110 valence electrons. The van der Waals surface area contributed by atoms with Crippen LogP contribution in [0.1, 0.15) is 6.92 Å². The van der Waals surface area contributed by atoms with E-state index in [1.54, 1.807) is 49.4 Å². The molecule has 0 fully saturated rings. The number of nitrogen functional groups attached to an aromatic ring is 1. The minimum absolute atomic E-state index is 0.248. The van der Waals surface area contributed by atoms with Crippen molar-refractivity contribution in [2.45, 2.75) is 13.0 Å². The minimum atomic E-state index is -0.653. The molecule has 0 aliphatic heterocycles. The molecule has 0 bridgehead atoms. The van der Waals surface area contributed by atoms with E-state index in [9.17, 15) is 4.79 Å². The van der Waals surface area contributed by atoms with Crippen LogP contribution in [0.25, 0.3) is 0 Å². The van der Waals surface area contributed by atoms with Gasteiger partial charge in [0, 0.05) is 16.4 Å². The molecule has 2 rings (SSSR count). The van der Waals surface area contributed by atoms with Gasteiger partial charge in [-0.15, -0.1) is 0 Å². The summed E-state index contributed by atoms with van der Waals surface area (Å²) in [6, 6.07) is 12.0. The summed E-state index contributed by atoms with van der Waals surface area (Å²) in [7, 11) is 0. The molecule has 0 saturated carbocycles. The molecule has 0 aliphatic carbocycles. The van der Waals surface area contributed by atoms with E-state index in [4.69, 9.17) is 22.1 Å². The number of hydrogen-bond donors (Lipinski definition) is 2. The Balaban J connectivity index is 2.00. The number of amides is 1. The lowest BCUT2D eigenvalue weighted by Crippen LogP contribution is -2.30. The maximum atomic E-state index is 12.1. The fourth-order valence-electron chi connectivity index (χ4n) is 1.63. The predicted molar refractivity (Wildman–Crippen MR) is 88.7 cm³/mol. The summed E-state index contributed by atoms with van der Waals surface area (Å²) in [5.41, 5.74) is 6.90. The van der Waals surface area contributed by atoms with Crippen molar-refractivity contribution in [3.63, 3.8) is 0 Å². The van der Waals surface area contributed by atoms with E-state index in [0.29, 0.717) is 26.6 Å². The quantitative estimate of drug-likeness (QED) is 0.798. The lowest BCUT2D eigenvalue weighted by molar-refractivity contribution is -0.122. The molecule has 1 amide bonds. The van der Waals surface area contributed by atoms with E-state index in [1.165, 1.54) is 0 Å². The van der Waals surface area contributed by atoms with Gasteiger partial charge in [0.2, 0.25) is 0 Å². The van der Waals surface area contributed by atoms with Crippen molar-refractivity contribution < 1.29 is 9.53 Å². The van der Waals surface area contributed by atoms with Gasteiger partial charge in [-0.3, -0.25) is 4.79 Å². The lowest BCUT2D eigenvalue weighted by atomic mass is 10.2. The highest BCUT2D eigenvalue weighted by Crippen LogP contribution is 2.28. The van der Waals surface area contributed by atoms with Crippen LogP contribution in [-0.4, -0.2) is 12.0 Å². The van der Waals surface area contributed by atoms with Crippen LogP contribution < -0.4 is 15.8 Å². The number of carbonyl (C=O) groups excluding carboxylic acids is 1. The fourth-order valence-corrected chi connectivity index (χ4v) is 2.40. The van der Waals surface area contributed by atoms with Crippen molar-refractivity contribution >= 4 is 44.8 Å². The van der Waals surface area contributed by atoms with Crippen molar-refractivity contribution in [1.82, 2.24) is 0 Å². The summed E-state index contributed by atoms with van der Waals surface area (Å²) >= 11 is 9.21. The number of hydrogen-bond acceptors (Lipinski definition) is 3. The first-order valence-corrected chi connectivity index (χ1v) is 7.41. The predicted octanol–water partition coefficient (Wildman–Crippen LogP) is 4.09. The Morgan fingerprint density at radius 3 is 2.57 bits per heavy atom. The maximum Gasteiger partial charge on any atom is 0.265 e. The van der Waals surface area contributed by atoms with Crippen LogP contribution in [0.5, 0.6) is 5.75 Å². The molecule has 0 saturated heterocycles. The summed E-state index contributed by atoms with van der Waals surface area (Å²) in [4.78, 5) is 12.1. The Morgan fingerprint density at radius 2 is 1.95 bits per heavy atom. The third-order valence-electron chi connectivity index (χ3n) is 2.75. The lowest BCUT2D eigenvalue weighted by Gasteiger charge is -2.16. The number of nitrogens with two attached hydrogens (primary N) is 1. The summed E-state index contributed by atoms with van der Waals surface area (Å²) < 4.78 is 6.31. The number of rotatable bonds is 4. The molecule has 6 heteroatoms. The average molecular weight is 370 g/mol. The Bertz CT molecular complexity index is 647. The normalized spacial score (nSPS) is 11.8. The average Bonchev–Trinajstić information content (AvgIpc) is 2.44. The standard InChI is InChI=1S/C15H14BrClN2O2/c1-9(21-14-7-2-10(17)8-13(14)16)15(20)19-12-5-3-11(18)4-6-12/h2-9H,18H2,1H3,(H,19,20). The highest BCUT2D eigenvalue weighted by molar-refractivity contribution is 9.10. The van der Waals surface area contributed by atoms with Crippen LogP contribution >= 0.6 is 27.5 Å². The van der Waals surface area contributed by atoms with Crippen molar-refractivity contribution in [2.75, 3.05) is 11.1 Å². The largest absolute Gasteiger partial charge is 0.480 e. The van der Waals surface area contributed by atoms with Gasteiger partial charge in [-0.2, -0.15) is 0 Å². The van der Waals surface area contributed by atoms with Crippen molar-refractivity contribution in [1.29, 1.82) is 0 Å². The summed E-state index contributed by atoms with van der Waals surface area (Å²) in [5.74, 6) is 0.306. The van der Waals surface area contributed by atoms with Gasteiger partial charge in [-0.1, -0.05) is 11.6 Å². The maximum absolute atomic E-state index is 12.1. The molecule has 4 nitrogen and oxygen atoms in total. The second-order valence-electron chi connectivity index (χ2n) is 4.45. The van der Waals surface area contributed by atoms with Gasteiger partial charge in [0.25, 0.3) is 5.91 Å². The third-order valence-corrected chi connectivity index (χ3v) is 3.60. The number of carbonyl (C=O) groups is 1. The number of nitrogens with one attached hydrogen (secondary N) is 1. The van der Waals surface area contributed by atoms with Crippen LogP contribution in [0.4, 0.5) is 11.4 Å². The van der Waals surface area contributed by atoms with E-state index >= 15 is 0 Å². The van der Waals surface area contributed by atoms with Crippen molar-refractivity contribution in [3.8, 4) is 5.75 Å². The topological polar surface area (TPSA) is 64.3 Å². The van der Waals surface area contributed by atoms with E-state index in [2.05, 4.69) is 21.2 Å². The molecule has 1 unspecified atom stereocenters. The first kappa shape index (κ1) is 15.7. The molecule has 0 aliphatic rings. The Morgan fingerprint density at radius 1 is 1.29 bits per heavy atom. The van der Waals surface area contributed by atoms with Crippen molar-refractivity contribution in [2.24, 2.45) is 0 Å². The summed E-state index contributed by atoms with van der Waals surface area (Å²) in [6.07, 6.45) is -0.653. The van der Waals surface area contributed by atoms with Gasteiger partial charge < -0.3 is 15.8 Å². The Hall–Kier alpha value is -1.72. The fraction of sp³-hybridized carbons (Fsp3) is 0.133. The molecule has 2 aromatic carbocycles. The van der Waals surface area contributed by atoms with Gasteiger partial charge in [0.15, 0.2) is 6.10 Å². The van der Waals surface area contributed by atoms with E-state index in [0.717, 1.165) is 0 Å². The summed E-state index contributed by atoms with van der Waals surface area (Å²) in [5, 5.41) is 3.35. The van der Waals surface area contributed by atoms with Gasteiger partial charge in [0.05, 0.1) is 4.47 Å². The van der Waals surface area contributed by atoms with Crippen LogP contribution in [0, 0.1) is 0 Å². The summed E-state index contributed by atoms with van der Waals surface area (Å²) in [6.45, 7) is 1.67. The van der Waals surface area contributed by atoms with Crippen LogP contribution in [-0.2, 0) is 4.79 Å². The molecule has 0 spiro atoms. The molecular formula is C15H14BrClN2O2. The highest BCUT2D eigenvalue weighted by atomic mass is 79.9. The Labute approximate surface area is 136 Å². The van der Waals surface area contributed by atoms with Gasteiger partial charge in [-0.05, 0) is 65.3 Å². The SMILES string of the molecule is CC(Oc1ccc(Cl)cc1Br)C(=O)Nc1ccc(N)cc1. The van der Waals surface area contributed by atoms with E-state index in [1.807, 2.05) is 0 Å². The van der Waals surface area contributed by atoms with E-state index < -0.39 is 6.10 Å². The van der Waals surface area contributed by atoms with Gasteiger partial charge in [-0.25, -0.2) is 0 Å². The molecule has 1 atom stereocenters. The molecule has 0 radical (unpaired) electrons. The van der Waals surface area contributed by atoms with Gasteiger partial charge >= 0.3 is 0 Å². The third kappa shape index (κ3) is 4.37. The smallest absolute Gasteiger partial charge is 0.265 e. The first-order valence-electron chi connectivity index (χ1n) is 6.24. The van der Waals surface area contributed by atoms with Crippen LogP contribution in [0.15, 0.2) is 46.9 Å². The zero-order valence-corrected chi connectivity index (χ0v) is 13.6. The minimum Gasteiger partial charge on any atom is -0.480 e. The first-order chi connectivity index (χ1) is 9.95. The molecule has 2 aromatic rings. The molecule has 3 N–H and O–H groups in total. The molecular weight excluding hydrogens is 356 g/mol. The van der Waals surface area contributed by atoms with Crippen LogP contribution in [0.2, 0.25) is 5.02 Å². The zero-order chi connectivity index (χ0) is 15.4. The zero-order valence-electron chi connectivity index (χ0n) is 11.3. The second-order valence-corrected chi connectivity index (χ2v) is 5.74. The van der Waals surface area contributed by atoms with Gasteiger partial charge in [0.1, 0.15) is 5.75 Å². The monoisotopic (exact) mass is 368 g/mol. The van der Waals surface area contributed by atoms with E-state index in [-0.39, 0.29) is 5.91 Å². The molecule has 21 heavy (non-hydrogen) atoms. The number of anilines is 2. The Kier molecular flexibility index (Phi) is 5.09.